The Balaban J connectivity index is 2.12. The Morgan fingerprint density at radius 1 is 1.64 bits per heavy atom. The minimum atomic E-state index is 0.324. The fourth-order valence-electron chi connectivity index (χ4n) is 1.47. The Morgan fingerprint density at radius 3 is 3.09 bits per heavy atom. The van der Waals surface area contributed by atoms with Crippen LogP contribution >= 0.6 is 11.8 Å². The molecule has 1 N–H and O–H groups in total. The second kappa shape index (κ2) is 5.01. The van der Waals surface area contributed by atoms with E-state index in [0.717, 1.165) is 11.0 Å². The monoisotopic (exact) mass is 175 g/mol. The summed E-state index contributed by atoms with van der Waals surface area (Å²) in [7, 11) is 2.17. The van der Waals surface area contributed by atoms with Crippen LogP contribution in [0.3, 0.4) is 0 Å². The molecule has 3 heteroatoms. The largest absolute Gasteiger partial charge is 0.396 e. The third-order valence-electron chi connectivity index (χ3n) is 2.03. The van der Waals surface area contributed by atoms with Crippen molar-refractivity contribution in [3.63, 3.8) is 0 Å². The van der Waals surface area contributed by atoms with E-state index in [0.29, 0.717) is 6.61 Å². The number of aliphatic hydroxyl groups excluding tert-OH is 1. The van der Waals surface area contributed by atoms with Crippen molar-refractivity contribution in [1.82, 2.24) is 4.90 Å². The average Bonchev–Trinajstić information content (AvgIpc) is 2.01. The van der Waals surface area contributed by atoms with Gasteiger partial charge in [-0.3, -0.25) is 0 Å². The highest BCUT2D eigenvalue weighted by Crippen LogP contribution is 2.20. The topological polar surface area (TPSA) is 23.5 Å². The molecule has 66 valence electrons. The summed E-state index contributed by atoms with van der Waals surface area (Å²) in [6.45, 7) is 2.77. The van der Waals surface area contributed by atoms with E-state index < -0.39 is 0 Å². The predicted molar refractivity (Wildman–Crippen MR) is 50.1 cm³/mol. The van der Waals surface area contributed by atoms with Crippen LogP contribution in [0.15, 0.2) is 0 Å². The van der Waals surface area contributed by atoms with E-state index in [2.05, 4.69) is 11.9 Å². The van der Waals surface area contributed by atoms with Crippen molar-refractivity contribution in [2.45, 2.75) is 18.1 Å². The zero-order valence-corrected chi connectivity index (χ0v) is 7.94. The first kappa shape index (κ1) is 9.36. The van der Waals surface area contributed by atoms with E-state index in [-0.39, 0.29) is 0 Å². The highest BCUT2D eigenvalue weighted by atomic mass is 32.2. The number of rotatable bonds is 3. The van der Waals surface area contributed by atoms with Crippen LogP contribution in [0.4, 0.5) is 0 Å². The summed E-state index contributed by atoms with van der Waals surface area (Å²) < 4.78 is 0. The van der Waals surface area contributed by atoms with Crippen molar-refractivity contribution in [2.24, 2.45) is 0 Å². The summed E-state index contributed by atoms with van der Waals surface area (Å²) >= 11 is 1.91. The highest BCUT2D eigenvalue weighted by molar-refractivity contribution is 7.99. The van der Waals surface area contributed by atoms with Gasteiger partial charge in [-0.05, 0) is 26.4 Å². The molecule has 1 atom stereocenters. The molecule has 0 saturated carbocycles. The zero-order chi connectivity index (χ0) is 8.10. The van der Waals surface area contributed by atoms with Gasteiger partial charge in [-0.15, -0.1) is 0 Å². The molecule has 0 aromatic carbocycles. The summed E-state index contributed by atoms with van der Waals surface area (Å²) in [4.78, 5) is 2.37. The van der Waals surface area contributed by atoms with Crippen LogP contribution in [0.2, 0.25) is 0 Å². The predicted octanol–water partition coefficient (Wildman–Crippen LogP) is 0.806. The number of likely N-dealkylation sites (tertiary alicyclic amines) is 1. The third-order valence-corrected chi connectivity index (χ3v) is 3.30. The second-order valence-corrected chi connectivity index (χ2v) is 4.53. The molecule has 0 aromatic heterocycles. The lowest BCUT2D eigenvalue weighted by molar-refractivity contribution is 0.282. The molecule has 0 aromatic rings. The van der Waals surface area contributed by atoms with E-state index in [1.807, 2.05) is 11.8 Å². The van der Waals surface area contributed by atoms with Crippen molar-refractivity contribution in [3.8, 4) is 0 Å². The van der Waals surface area contributed by atoms with Crippen molar-refractivity contribution in [2.75, 3.05) is 32.5 Å². The molecule has 0 aliphatic carbocycles. The number of piperidine rings is 1. The van der Waals surface area contributed by atoms with Gasteiger partial charge in [0.1, 0.15) is 0 Å². The van der Waals surface area contributed by atoms with Crippen molar-refractivity contribution in [3.05, 3.63) is 0 Å². The van der Waals surface area contributed by atoms with Gasteiger partial charge in [0.05, 0.1) is 6.61 Å². The van der Waals surface area contributed by atoms with Gasteiger partial charge >= 0.3 is 0 Å². The molecule has 1 saturated heterocycles. The van der Waals surface area contributed by atoms with E-state index >= 15 is 0 Å². The standard InChI is InChI=1S/C8H17NOS/c1-9-4-2-3-8(7-9)11-6-5-10/h8,10H,2-7H2,1H3. The Labute approximate surface area is 73.0 Å². The Morgan fingerprint density at radius 2 is 2.45 bits per heavy atom. The first-order valence-electron chi connectivity index (χ1n) is 4.24. The van der Waals surface area contributed by atoms with Crippen molar-refractivity contribution >= 4 is 11.8 Å². The van der Waals surface area contributed by atoms with Crippen LogP contribution in [0.1, 0.15) is 12.8 Å². The number of hydrogen-bond donors (Lipinski definition) is 1. The van der Waals surface area contributed by atoms with E-state index in [4.69, 9.17) is 5.11 Å². The highest BCUT2D eigenvalue weighted by Gasteiger charge is 2.16. The first-order valence-corrected chi connectivity index (χ1v) is 5.29. The molecule has 1 fully saturated rings. The van der Waals surface area contributed by atoms with Gasteiger partial charge < -0.3 is 10.0 Å². The first-order chi connectivity index (χ1) is 5.33. The number of nitrogens with zero attached hydrogens (tertiary/aromatic N) is 1. The molecule has 0 radical (unpaired) electrons. The van der Waals surface area contributed by atoms with Gasteiger partial charge in [0.2, 0.25) is 0 Å². The Kier molecular flexibility index (Phi) is 4.26. The maximum absolute atomic E-state index is 8.63. The van der Waals surface area contributed by atoms with Gasteiger partial charge in [-0.25, -0.2) is 0 Å². The van der Waals surface area contributed by atoms with Crippen LogP contribution in [0, 0.1) is 0 Å². The number of hydrogen-bond acceptors (Lipinski definition) is 3. The van der Waals surface area contributed by atoms with Crippen molar-refractivity contribution in [1.29, 1.82) is 0 Å². The van der Waals surface area contributed by atoms with Crippen LogP contribution in [-0.4, -0.2) is 47.8 Å². The van der Waals surface area contributed by atoms with Crippen LogP contribution in [-0.2, 0) is 0 Å². The lowest BCUT2D eigenvalue weighted by Crippen LogP contribution is -2.33. The lowest BCUT2D eigenvalue weighted by atomic mass is 10.1. The normalized spacial score (nSPS) is 27.3. The van der Waals surface area contributed by atoms with Gasteiger partial charge in [0.15, 0.2) is 0 Å². The molecule has 11 heavy (non-hydrogen) atoms. The molecule has 1 aliphatic rings. The molecular formula is C8H17NOS. The fraction of sp³-hybridized carbons (Fsp3) is 1.00. The summed E-state index contributed by atoms with van der Waals surface area (Å²) in [6.07, 6.45) is 2.65. The van der Waals surface area contributed by atoms with Crippen LogP contribution < -0.4 is 0 Å². The molecule has 1 unspecified atom stereocenters. The summed E-state index contributed by atoms with van der Waals surface area (Å²) in [6, 6.07) is 0. The quantitative estimate of drug-likeness (QED) is 0.686. The smallest absolute Gasteiger partial charge is 0.0521 e. The van der Waals surface area contributed by atoms with E-state index in [1.165, 1.54) is 25.9 Å². The molecule has 1 rings (SSSR count). The fourth-order valence-corrected chi connectivity index (χ4v) is 2.61. The molecule has 0 spiro atoms. The minimum Gasteiger partial charge on any atom is -0.396 e. The lowest BCUT2D eigenvalue weighted by Gasteiger charge is -2.28. The van der Waals surface area contributed by atoms with Gasteiger partial charge in [-0.1, -0.05) is 0 Å². The van der Waals surface area contributed by atoms with Gasteiger partial charge in [0, 0.05) is 17.5 Å². The number of thioether (sulfide) groups is 1. The Hall–Kier alpha value is 0.270. The molecule has 0 amide bonds. The summed E-state index contributed by atoms with van der Waals surface area (Å²) in [5, 5.41) is 9.39. The Bertz CT molecular complexity index is 110. The molecule has 0 bridgehead atoms. The minimum absolute atomic E-state index is 0.324. The van der Waals surface area contributed by atoms with Gasteiger partial charge in [0.25, 0.3) is 0 Å². The average molecular weight is 175 g/mol. The summed E-state index contributed by atoms with van der Waals surface area (Å²) in [5.41, 5.74) is 0. The van der Waals surface area contributed by atoms with Crippen LogP contribution in [0.5, 0.6) is 0 Å². The maximum Gasteiger partial charge on any atom is 0.0521 e. The molecule has 1 aliphatic heterocycles. The molecule has 1 heterocycles. The zero-order valence-electron chi connectivity index (χ0n) is 7.12. The van der Waals surface area contributed by atoms with E-state index in [9.17, 15) is 0 Å². The van der Waals surface area contributed by atoms with E-state index in [1.54, 1.807) is 0 Å². The van der Waals surface area contributed by atoms with Gasteiger partial charge in [-0.2, -0.15) is 11.8 Å². The molecular weight excluding hydrogens is 158 g/mol. The SMILES string of the molecule is CN1CCCC(SCCO)C1. The number of aliphatic hydroxyl groups is 1. The maximum atomic E-state index is 8.63. The second-order valence-electron chi connectivity index (χ2n) is 3.12. The summed E-state index contributed by atoms with van der Waals surface area (Å²) in [5.74, 6) is 0.901. The third kappa shape index (κ3) is 3.45. The van der Waals surface area contributed by atoms with Crippen LogP contribution in [0.25, 0.3) is 0 Å². The molecule has 2 nitrogen and oxygen atoms in total. The van der Waals surface area contributed by atoms with Crippen molar-refractivity contribution < 1.29 is 5.11 Å².